The third-order valence-corrected chi connectivity index (χ3v) is 3.21. The predicted octanol–water partition coefficient (Wildman–Crippen LogP) is 1.61. The third-order valence-electron chi connectivity index (χ3n) is 3.21. The van der Waals surface area contributed by atoms with Crippen LogP contribution in [0.3, 0.4) is 0 Å². The quantitative estimate of drug-likeness (QED) is 0.832. The minimum absolute atomic E-state index is 0.0767. The van der Waals surface area contributed by atoms with E-state index in [9.17, 15) is 0 Å². The van der Waals surface area contributed by atoms with E-state index in [1.54, 1.807) is 7.11 Å². The summed E-state index contributed by atoms with van der Waals surface area (Å²) in [6.45, 7) is 5.48. The second-order valence-corrected chi connectivity index (χ2v) is 4.40. The Balaban J connectivity index is 2.01. The molecule has 1 N–H and O–H groups in total. The average molecular weight is 255 g/mol. The van der Waals surface area contributed by atoms with E-state index in [1.165, 1.54) is 0 Å². The lowest BCUT2D eigenvalue weighted by molar-refractivity contribution is 0.0518. The van der Waals surface area contributed by atoms with Crippen molar-refractivity contribution in [2.45, 2.75) is 44.9 Å². The summed E-state index contributed by atoms with van der Waals surface area (Å²) in [6.07, 6.45) is 1.85. The highest BCUT2D eigenvalue weighted by Gasteiger charge is 2.30. The van der Waals surface area contributed by atoms with E-state index >= 15 is 0 Å². The summed E-state index contributed by atoms with van der Waals surface area (Å²) >= 11 is 0. The molecule has 1 fully saturated rings. The van der Waals surface area contributed by atoms with Crippen LogP contribution >= 0.6 is 0 Å². The van der Waals surface area contributed by atoms with Crippen molar-refractivity contribution in [1.82, 2.24) is 15.5 Å². The Morgan fingerprint density at radius 3 is 2.94 bits per heavy atom. The van der Waals surface area contributed by atoms with Crippen LogP contribution in [-0.2, 0) is 9.47 Å². The molecule has 0 saturated carbocycles. The maximum absolute atomic E-state index is 5.57. The number of nitrogens with one attached hydrogen (secondary N) is 1. The van der Waals surface area contributed by atoms with Gasteiger partial charge in [-0.05, 0) is 19.8 Å². The van der Waals surface area contributed by atoms with E-state index in [1.807, 2.05) is 13.8 Å². The van der Waals surface area contributed by atoms with Crippen molar-refractivity contribution >= 4 is 0 Å². The largest absolute Gasteiger partial charge is 0.380 e. The Bertz CT molecular complexity index is 369. The zero-order chi connectivity index (χ0) is 13.0. The topological polar surface area (TPSA) is 69.4 Å². The molecule has 3 atom stereocenters. The maximum Gasteiger partial charge on any atom is 0.243 e. The summed E-state index contributed by atoms with van der Waals surface area (Å²) in [6, 6.07) is 0.0929. The van der Waals surface area contributed by atoms with Gasteiger partial charge in [0.1, 0.15) is 6.10 Å². The maximum atomic E-state index is 5.57. The molecule has 0 spiro atoms. The number of rotatable bonds is 6. The SMILES string of the molecule is CCOC(CC)c1noc(C2CC(OC)CN2)n1. The van der Waals surface area contributed by atoms with Crippen molar-refractivity contribution in [1.29, 1.82) is 0 Å². The summed E-state index contributed by atoms with van der Waals surface area (Å²) in [5.41, 5.74) is 0. The van der Waals surface area contributed by atoms with Crippen LogP contribution in [0.4, 0.5) is 0 Å². The van der Waals surface area contributed by atoms with Crippen LogP contribution in [0.15, 0.2) is 4.52 Å². The molecule has 102 valence electrons. The van der Waals surface area contributed by atoms with Crippen molar-refractivity contribution in [3.8, 4) is 0 Å². The highest BCUT2D eigenvalue weighted by atomic mass is 16.5. The molecule has 0 radical (unpaired) electrons. The third kappa shape index (κ3) is 2.88. The number of nitrogens with zero attached hydrogens (tertiary/aromatic N) is 2. The minimum atomic E-state index is -0.0767. The van der Waals surface area contributed by atoms with Gasteiger partial charge in [-0.1, -0.05) is 12.1 Å². The number of hydrogen-bond donors (Lipinski definition) is 1. The lowest BCUT2D eigenvalue weighted by atomic mass is 10.2. The Labute approximate surface area is 107 Å². The van der Waals surface area contributed by atoms with Crippen LogP contribution in [-0.4, -0.2) is 36.5 Å². The number of methoxy groups -OCH3 is 1. The lowest BCUT2D eigenvalue weighted by Crippen LogP contribution is -2.16. The Kier molecular flexibility index (Phi) is 4.68. The Morgan fingerprint density at radius 2 is 2.33 bits per heavy atom. The van der Waals surface area contributed by atoms with Crippen LogP contribution in [0.2, 0.25) is 0 Å². The van der Waals surface area contributed by atoms with Crippen molar-refractivity contribution in [2.75, 3.05) is 20.3 Å². The van der Waals surface area contributed by atoms with Gasteiger partial charge in [0.25, 0.3) is 0 Å². The van der Waals surface area contributed by atoms with Crippen LogP contribution in [0, 0.1) is 0 Å². The lowest BCUT2D eigenvalue weighted by Gasteiger charge is -2.09. The summed E-state index contributed by atoms with van der Waals surface area (Å²) < 4.78 is 16.2. The standard InChI is InChI=1S/C12H21N3O3/c1-4-10(17-5-2)11-14-12(18-15-11)9-6-8(16-3)7-13-9/h8-10,13H,4-7H2,1-3H3. The van der Waals surface area contributed by atoms with Crippen molar-refractivity contribution in [3.63, 3.8) is 0 Å². The van der Waals surface area contributed by atoms with Gasteiger partial charge in [-0.2, -0.15) is 4.98 Å². The Morgan fingerprint density at radius 1 is 1.50 bits per heavy atom. The molecule has 2 heterocycles. The molecule has 18 heavy (non-hydrogen) atoms. The summed E-state index contributed by atoms with van der Waals surface area (Å²) in [7, 11) is 1.72. The van der Waals surface area contributed by atoms with Crippen LogP contribution in [0.25, 0.3) is 0 Å². The van der Waals surface area contributed by atoms with E-state index in [0.29, 0.717) is 18.3 Å². The molecule has 1 aliphatic rings. The summed E-state index contributed by atoms with van der Waals surface area (Å²) in [5.74, 6) is 1.26. The van der Waals surface area contributed by atoms with E-state index in [4.69, 9.17) is 14.0 Å². The van der Waals surface area contributed by atoms with Gasteiger partial charge >= 0.3 is 0 Å². The average Bonchev–Trinajstić information content (AvgIpc) is 3.03. The van der Waals surface area contributed by atoms with Gasteiger partial charge in [-0.3, -0.25) is 0 Å². The summed E-state index contributed by atoms with van der Waals surface area (Å²) in [4.78, 5) is 4.43. The van der Waals surface area contributed by atoms with Crippen molar-refractivity contribution in [2.24, 2.45) is 0 Å². The first-order valence-corrected chi connectivity index (χ1v) is 6.49. The van der Waals surface area contributed by atoms with E-state index in [2.05, 4.69) is 15.5 Å². The molecule has 0 amide bonds. The zero-order valence-electron chi connectivity index (χ0n) is 11.2. The van der Waals surface area contributed by atoms with Crippen LogP contribution in [0.1, 0.15) is 50.6 Å². The molecule has 1 aliphatic heterocycles. The molecule has 1 saturated heterocycles. The number of ether oxygens (including phenoxy) is 2. The van der Waals surface area contributed by atoms with Gasteiger partial charge in [-0.25, -0.2) is 0 Å². The fourth-order valence-corrected chi connectivity index (χ4v) is 2.17. The second-order valence-electron chi connectivity index (χ2n) is 4.40. The van der Waals surface area contributed by atoms with E-state index < -0.39 is 0 Å². The minimum Gasteiger partial charge on any atom is -0.380 e. The van der Waals surface area contributed by atoms with Gasteiger partial charge in [-0.15, -0.1) is 0 Å². The van der Waals surface area contributed by atoms with Gasteiger partial charge in [0, 0.05) is 20.3 Å². The second kappa shape index (κ2) is 6.26. The molecule has 0 bridgehead atoms. The van der Waals surface area contributed by atoms with Gasteiger partial charge < -0.3 is 19.3 Å². The van der Waals surface area contributed by atoms with Crippen LogP contribution in [0.5, 0.6) is 0 Å². The molecule has 1 aromatic rings. The molecule has 2 rings (SSSR count). The highest BCUT2D eigenvalue weighted by molar-refractivity contribution is 4.99. The normalized spacial score (nSPS) is 25.5. The smallest absolute Gasteiger partial charge is 0.243 e. The molecule has 6 heteroatoms. The first-order valence-electron chi connectivity index (χ1n) is 6.49. The first-order chi connectivity index (χ1) is 8.78. The van der Waals surface area contributed by atoms with Crippen LogP contribution < -0.4 is 5.32 Å². The molecule has 0 aromatic carbocycles. The molecular formula is C12H21N3O3. The molecule has 6 nitrogen and oxygen atoms in total. The molecule has 3 unspecified atom stereocenters. The van der Waals surface area contributed by atoms with E-state index in [0.717, 1.165) is 19.4 Å². The zero-order valence-corrected chi connectivity index (χ0v) is 11.2. The van der Waals surface area contributed by atoms with Gasteiger partial charge in [0.05, 0.1) is 12.1 Å². The van der Waals surface area contributed by atoms with Crippen molar-refractivity contribution < 1.29 is 14.0 Å². The molecule has 1 aromatic heterocycles. The summed E-state index contributed by atoms with van der Waals surface area (Å²) in [5, 5.41) is 7.32. The monoisotopic (exact) mass is 255 g/mol. The fraction of sp³-hybridized carbons (Fsp3) is 0.833. The molecule has 0 aliphatic carbocycles. The first kappa shape index (κ1) is 13.5. The Hall–Kier alpha value is -0.980. The van der Waals surface area contributed by atoms with Crippen molar-refractivity contribution in [3.05, 3.63) is 11.7 Å². The number of hydrogen-bond acceptors (Lipinski definition) is 6. The number of aromatic nitrogens is 2. The molecular weight excluding hydrogens is 234 g/mol. The predicted molar refractivity (Wildman–Crippen MR) is 65.1 cm³/mol. The van der Waals surface area contributed by atoms with Gasteiger partial charge in [0.2, 0.25) is 11.7 Å². The fourth-order valence-electron chi connectivity index (χ4n) is 2.17. The van der Waals surface area contributed by atoms with E-state index in [-0.39, 0.29) is 18.2 Å². The highest BCUT2D eigenvalue weighted by Crippen LogP contribution is 2.25. The van der Waals surface area contributed by atoms with Gasteiger partial charge in [0.15, 0.2) is 0 Å².